The highest BCUT2D eigenvalue weighted by Crippen LogP contribution is 2.20. The van der Waals surface area contributed by atoms with Crippen LogP contribution >= 0.6 is 11.6 Å². The number of benzene rings is 3. The monoisotopic (exact) mass is 466 g/mol. The number of carbonyl (C=O) groups is 2. The first kappa shape index (κ1) is 24.5. The van der Waals surface area contributed by atoms with Gasteiger partial charge in [0.2, 0.25) is 11.8 Å². The zero-order valence-corrected chi connectivity index (χ0v) is 19.4. The lowest BCUT2D eigenvalue weighted by Crippen LogP contribution is -2.51. The Kier molecular flexibility index (Phi) is 9.02. The Balaban J connectivity index is 1.95. The maximum atomic E-state index is 13.6. The molecule has 0 aliphatic carbocycles. The van der Waals surface area contributed by atoms with Crippen molar-refractivity contribution in [2.75, 3.05) is 6.54 Å². The van der Waals surface area contributed by atoms with E-state index in [1.807, 2.05) is 49.4 Å². The summed E-state index contributed by atoms with van der Waals surface area (Å²) in [5.41, 5.74) is 2.38. The van der Waals surface area contributed by atoms with E-state index in [9.17, 15) is 14.0 Å². The zero-order chi connectivity index (χ0) is 23.6. The van der Waals surface area contributed by atoms with Crippen LogP contribution in [-0.2, 0) is 29.0 Å². The predicted molar refractivity (Wildman–Crippen MR) is 129 cm³/mol. The molecule has 0 saturated carbocycles. The summed E-state index contributed by atoms with van der Waals surface area (Å²) in [6.45, 7) is 2.68. The number of rotatable bonds is 10. The highest BCUT2D eigenvalue weighted by Gasteiger charge is 2.30. The summed E-state index contributed by atoms with van der Waals surface area (Å²) < 4.78 is 13.5. The van der Waals surface area contributed by atoms with Crippen molar-refractivity contribution < 1.29 is 14.0 Å². The molecule has 0 bridgehead atoms. The van der Waals surface area contributed by atoms with E-state index < -0.39 is 6.04 Å². The largest absolute Gasteiger partial charge is 0.354 e. The molecular weight excluding hydrogens is 439 g/mol. The lowest BCUT2D eigenvalue weighted by Gasteiger charge is -2.32. The molecule has 0 heterocycles. The van der Waals surface area contributed by atoms with Gasteiger partial charge in [-0.2, -0.15) is 0 Å². The summed E-state index contributed by atoms with van der Waals surface area (Å²) in [6, 6.07) is 22.0. The summed E-state index contributed by atoms with van der Waals surface area (Å²) in [4.78, 5) is 28.4. The van der Waals surface area contributed by atoms with Gasteiger partial charge in [0.05, 0.1) is 6.42 Å². The number of halogens is 2. The molecule has 0 aliphatic rings. The minimum absolute atomic E-state index is 0.0627. The van der Waals surface area contributed by atoms with Crippen LogP contribution in [0.25, 0.3) is 0 Å². The van der Waals surface area contributed by atoms with Crippen molar-refractivity contribution in [3.63, 3.8) is 0 Å². The molecule has 0 unspecified atom stereocenters. The molecule has 0 aliphatic heterocycles. The summed E-state index contributed by atoms with van der Waals surface area (Å²) in [5.74, 6) is -0.787. The standard InChI is InChI=1S/C27H28ClFN2O2/c1-2-16-30-27(33)25(17-20-8-4-3-5-9-20)31(19-21-12-14-23(29)15-13-21)26(32)18-22-10-6-7-11-24(22)28/h3-15,25H,2,16-19H2,1H3,(H,30,33)/t25-/m0/s1. The molecule has 3 rings (SSSR count). The first-order valence-electron chi connectivity index (χ1n) is 11.1. The summed E-state index contributed by atoms with van der Waals surface area (Å²) in [7, 11) is 0. The Labute approximate surface area is 199 Å². The first-order valence-corrected chi connectivity index (χ1v) is 11.4. The molecule has 4 nitrogen and oxygen atoms in total. The highest BCUT2D eigenvalue weighted by molar-refractivity contribution is 6.31. The Bertz CT molecular complexity index is 1060. The van der Waals surface area contributed by atoms with Gasteiger partial charge in [0, 0.05) is 24.5 Å². The van der Waals surface area contributed by atoms with Gasteiger partial charge in [-0.25, -0.2) is 4.39 Å². The quantitative estimate of drug-likeness (QED) is 0.447. The lowest BCUT2D eigenvalue weighted by atomic mass is 10.0. The molecule has 0 saturated heterocycles. The summed E-state index contributed by atoms with van der Waals surface area (Å²) in [6.07, 6.45) is 1.22. The van der Waals surface area contributed by atoms with E-state index in [-0.39, 0.29) is 30.6 Å². The number of amides is 2. The van der Waals surface area contributed by atoms with Gasteiger partial charge in [0.15, 0.2) is 0 Å². The fourth-order valence-corrected chi connectivity index (χ4v) is 3.82. The molecule has 0 radical (unpaired) electrons. The van der Waals surface area contributed by atoms with Crippen molar-refractivity contribution in [1.82, 2.24) is 10.2 Å². The maximum absolute atomic E-state index is 13.6. The van der Waals surface area contributed by atoms with Gasteiger partial charge in [-0.15, -0.1) is 0 Å². The second-order valence-electron chi connectivity index (χ2n) is 7.91. The van der Waals surface area contributed by atoms with Crippen molar-refractivity contribution in [2.45, 2.75) is 38.8 Å². The van der Waals surface area contributed by atoms with Gasteiger partial charge in [0.25, 0.3) is 0 Å². The second-order valence-corrected chi connectivity index (χ2v) is 8.32. The van der Waals surface area contributed by atoms with E-state index in [0.29, 0.717) is 23.6 Å². The Morgan fingerprint density at radius 3 is 2.27 bits per heavy atom. The number of hydrogen-bond donors (Lipinski definition) is 1. The van der Waals surface area contributed by atoms with Gasteiger partial charge in [-0.1, -0.05) is 79.2 Å². The molecule has 0 aromatic heterocycles. The predicted octanol–water partition coefficient (Wildman–Crippen LogP) is 5.19. The van der Waals surface area contributed by atoms with Crippen LogP contribution in [0, 0.1) is 5.82 Å². The fourth-order valence-electron chi connectivity index (χ4n) is 3.61. The SMILES string of the molecule is CCCNC(=O)[C@H](Cc1ccccc1)N(Cc1ccc(F)cc1)C(=O)Cc1ccccc1Cl. The number of nitrogens with zero attached hydrogens (tertiary/aromatic N) is 1. The molecule has 0 fully saturated rings. The second kappa shape index (κ2) is 12.2. The van der Waals surface area contributed by atoms with Crippen LogP contribution in [0.2, 0.25) is 5.02 Å². The van der Waals surface area contributed by atoms with Crippen molar-refractivity contribution in [1.29, 1.82) is 0 Å². The number of hydrogen-bond acceptors (Lipinski definition) is 2. The van der Waals surface area contributed by atoms with Crippen molar-refractivity contribution in [2.24, 2.45) is 0 Å². The fraction of sp³-hybridized carbons (Fsp3) is 0.259. The molecule has 3 aromatic carbocycles. The lowest BCUT2D eigenvalue weighted by molar-refractivity contribution is -0.140. The van der Waals surface area contributed by atoms with Gasteiger partial charge in [0.1, 0.15) is 11.9 Å². The molecule has 3 aromatic rings. The van der Waals surface area contributed by atoms with Crippen LogP contribution < -0.4 is 5.32 Å². The summed E-state index contributed by atoms with van der Waals surface area (Å²) >= 11 is 6.30. The minimum Gasteiger partial charge on any atom is -0.354 e. The molecule has 172 valence electrons. The van der Waals surface area contributed by atoms with Crippen molar-refractivity contribution in [3.05, 3.63) is 106 Å². The Morgan fingerprint density at radius 2 is 1.61 bits per heavy atom. The van der Waals surface area contributed by atoms with Gasteiger partial charge in [-0.05, 0) is 41.3 Å². The molecule has 0 spiro atoms. The summed E-state index contributed by atoms with van der Waals surface area (Å²) in [5, 5.41) is 3.44. The first-order chi connectivity index (χ1) is 16.0. The third-order valence-electron chi connectivity index (χ3n) is 5.39. The van der Waals surface area contributed by atoms with Crippen LogP contribution in [0.4, 0.5) is 4.39 Å². The van der Waals surface area contributed by atoms with E-state index in [1.165, 1.54) is 12.1 Å². The molecule has 6 heteroatoms. The van der Waals surface area contributed by atoms with Gasteiger partial charge >= 0.3 is 0 Å². The van der Waals surface area contributed by atoms with Crippen LogP contribution in [-0.4, -0.2) is 29.3 Å². The number of carbonyl (C=O) groups excluding carboxylic acids is 2. The van der Waals surface area contributed by atoms with Crippen LogP contribution in [0.1, 0.15) is 30.0 Å². The topological polar surface area (TPSA) is 49.4 Å². The van der Waals surface area contributed by atoms with E-state index in [0.717, 1.165) is 17.5 Å². The van der Waals surface area contributed by atoms with Crippen LogP contribution in [0.5, 0.6) is 0 Å². The van der Waals surface area contributed by atoms with Crippen LogP contribution in [0.15, 0.2) is 78.9 Å². The van der Waals surface area contributed by atoms with Crippen LogP contribution in [0.3, 0.4) is 0 Å². The minimum atomic E-state index is -0.723. The Hall–Kier alpha value is -3.18. The zero-order valence-electron chi connectivity index (χ0n) is 18.6. The molecule has 1 N–H and O–H groups in total. The van der Waals surface area contributed by atoms with E-state index in [4.69, 9.17) is 11.6 Å². The average Bonchev–Trinajstić information content (AvgIpc) is 2.83. The molecular formula is C27H28ClFN2O2. The maximum Gasteiger partial charge on any atom is 0.243 e. The van der Waals surface area contributed by atoms with Crippen molar-refractivity contribution in [3.8, 4) is 0 Å². The normalized spacial score (nSPS) is 11.6. The molecule has 2 amide bonds. The van der Waals surface area contributed by atoms with E-state index in [1.54, 1.807) is 29.2 Å². The Morgan fingerprint density at radius 1 is 0.939 bits per heavy atom. The third kappa shape index (κ3) is 7.16. The van der Waals surface area contributed by atoms with Gasteiger partial charge < -0.3 is 10.2 Å². The molecule has 33 heavy (non-hydrogen) atoms. The van der Waals surface area contributed by atoms with Crippen molar-refractivity contribution >= 4 is 23.4 Å². The number of nitrogens with one attached hydrogen (secondary N) is 1. The van der Waals surface area contributed by atoms with E-state index >= 15 is 0 Å². The smallest absolute Gasteiger partial charge is 0.243 e. The van der Waals surface area contributed by atoms with E-state index in [2.05, 4.69) is 5.32 Å². The highest BCUT2D eigenvalue weighted by atomic mass is 35.5. The van der Waals surface area contributed by atoms with Gasteiger partial charge in [-0.3, -0.25) is 9.59 Å². The third-order valence-corrected chi connectivity index (χ3v) is 5.75. The average molecular weight is 467 g/mol. The molecule has 1 atom stereocenters.